The summed E-state index contributed by atoms with van der Waals surface area (Å²) in [6.45, 7) is 4.47. The first-order valence-electron chi connectivity index (χ1n) is 10.0. The number of nitrogens with zero attached hydrogens (tertiary/aromatic N) is 2. The summed E-state index contributed by atoms with van der Waals surface area (Å²) in [6.07, 6.45) is 1.89. The van der Waals surface area contributed by atoms with E-state index in [1.807, 2.05) is 23.6 Å². The Morgan fingerprint density at radius 1 is 0.759 bits per heavy atom. The summed E-state index contributed by atoms with van der Waals surface area (Å²) in [6, 6.07) is 26.5. The van der Waals surface area contributed by atoms with Gasteiger partial charge >= 0.3 is 0 Å². The van der Waals surface area contributed by atoms with Gasteiger partial charge in [0.15, 0.2) is 0 Å². The minimum atomic E-state index is 0.530. The van der Waals surface area contributed by atoms with Gasteiger partial charge in [0, 0.05) is 37.4 Å². The lowest BCUT2D eigenvalue weighted by Crippen LogP contribution is -1.95. The molecule has 0 saturated heterocycles. The third-order valence-electron chi connectivity index (χ3n) is 5.84. The highest BCUT2D eigenvalue weighted by Crippen LogP contribution is 2.39. The minimum absolute atomic E-state index is 0.530. The molecule has 0 atom stereocenters. The zero-order valence-corrected chi connectivity index (χ0v) is 17.2. The number of benzene rings is 3. The molecule has 0 unspecified atom stereocenters. The first-order chi connectivity index (χ1) is 14.2. The molecule has 3 heteroatoms. The minimum Gasteiger partial charge on any atom is -0.308 e. The average molecular weight is 393 g/mol. The van der Waals surface area contributed by atoms with Crippen molar-refractivity contribution in [3.8, 4) is 5.69 Å². The smallest absolute Gasteiger partial charge is 0.0963 e. The molecule has 3 aromatic carbocycles. The van der Waals surface area contributed by atoms with Gasteiger partial charge in [-0.2, -0.15) is 0 Å². The SMILES string of the molecule is CC(C)c1ccc(-n2c3cc4sc5ccccc5c4cc3c3ncccc32)cc1. The van der Waals surface area contributed by atoms with Gasteiger partial charge in [-0.3, -0.25) is 4.98 Å². The molecule has 140 valence electrons. The van der Waals surface area contributed by atoms with Crippen LogP contribution in [0.15, 0.2) is 79.0 Å². The van der Waals surface area contributed by atoms with Crippen molar-refractivity contribution in [2.75, 3.05) is 0 Å². The molecule has 0 aliphatic rings. The summed E-state index contributed by atoms with van der Waals surface area (Å²) in [4.78, 5) is 4.76. The fraction of sp³-hybridized carbons (Fsp3) is 0.115. The van der Waals surface area contributed by atoms with E-state index in [1.54, 1.807) is 0 Å². The van der Waals surface area contributed by atoms with Crippen LogP contribution in [0.2, 0.25) is 0 Å². The number of hydrogen-bond acceptors (Lipinski definition) is 2. The normalized spacial score (nSPS) is 12.1. The van der Waals surface area contributed by atoms with Crippen LogP contribution in [0.25, 0.3) is 47.8 Å². The molecule has 6 aromatic rings. The molecule has 0 radical (unpaired) electrons. The van der Waals surface area contributed by atoms with Crippen LogP contribution in [0.5, 0.6) is 0 Å². The number of rotatable bonds is 2. The fourth-order valence-corrected chi connectivity index (χ4v) is 5.46. The van der Waals surface area contributed by atoms with Crippen molar-refractivity contribution in [2.45, 2.75) is 19.8 Å². The number of thiophene rings is 1. The summed E-state index contributed by atoms with van der Waals surface area (Å²) < 4.78 is 5.01. The summed E-state index contributed by atoms with van der Waals surface area (Å²) in [7, 11) is 0. The van der Waals surface area contributed by atoms with E-state index in [0.717, 1.165) is 11.0 Å². The molecule has 0 spiro atoms. The second kappa shape index (κ2) is 6.16. The van der Waals surface area contributed by atoms with E-state index in [1.165, 1.54) is 42.3 Å². The van der Waals surface area contributed by atoms with Crippen LogP contribution in [-0.4, -0.2) is 9.55 Å². The lowest BCUT2D eigenvalue weighted by Gasteiger charge is -2.10. The van der Waals surface area contributed by atoms with Gasteiger partial charge in [0.2, 0.25) is 0 Å². The third-order valence-corrected chi connectivity index (χ3v) is 6.97. The average Bonchev–Trinajstić information content (AvgIpc) is 3.27. The monoisotopic (exact) mass is 392 g/mol. The van der Waals surface area contributed by atoms with E-state index in [0.29, 0.717) is 5.92 Å². The van der Waals surface area contributed by atoms with Crippen molar-refractivity contribution >= 4 is 53.4 Å². The van der Waals surface area contributed by atoms with Crippen LogP contribution in [-0.2, 0) is 0 Å². The van der Waals surface area contributed by atoms with Gasteiger partial charge in [0.25, 0.3) is 0 Å². The molecular weight excluding hydrogens is 372 g/mol. The molecule has 0 amide bonds. The van der Waals surface area contributed by atoms with Gasteiger partial charge in [0.1, 0.15) is 0 Å². The Bertz CT molecular complexity index is 1520. The molecule has 0 bridgehead atoms. The standard InChI is InChI=1S/C26H20N2S/c1-16(2)17-9-11-18(12-10-17)28-22-7-5-13-27-26(22)21-14-20-19-6-3-4-8-24(19)29-25(20)15-23(21)28/h3-16H,1-2H3. The zero-order valence-electron chi connectivity index (χ0n) is 16.4. The lowest BCUT2D eigenvalue weighted by molar-refractivity contribution is 0.866. The van der Waals surface area contributed by atoms with Gasteiger partial charge in [-0.25, -0.2) is 0 Å². The Balaban J connectivity index is 1.73. The highest BCUT2D eigenvalue weighted by Gasteiger charge is 2.16. The highest BCUT2D eigenvalue weighted by molar-refractivity contribution is 7.25. The molecule has 0 aliphatic carbocycles. The number of hydrogen-bond donors (Lipinski definition) is 0. The number of pyridine rings is 1. The summed E-state index contributed by atoms with van der Waals surface area (Å²) in [5.41, 5.74) is 5.98. The summed E-state index contributed by atoms with van der Waals surface area (Å²) in [5.74, 6) is 0.530. The molecule has 2 nitrogen and oxygen atoms in total. The Morgan fingerprint density at radius 2 is 1.59 bits per heavy atom. The van der Waals surface area contributed by atoms with Gasteiger partial charge in [-0.05, 0) is 53.9 Å². The second-order valence-electron chi connectivity index (χ2n) is 7.92. The first-order valence-corrected chi connectivity index (χ1v) is 10.8. The van der Waals surface area contributed by atoms with Crippen LogP contribution in [0.1, 0.15) is 25.3 Å². The maximum Gasteiger partial charge on any atom is 0.0963 e. The quantitative estimate of drug-likeness (QED) is 0.295. The molecule has 0 N–H and O–H groups in total. The molecule has 3 heterocycles. The molecule has 3 aromatic heterocycles. The molecule has 0 aliphatic heterocycles. The summed E-state index contributed by atoms with van der Waals surface area (Å²) >= 11 is 1.86. The van der Waals surface area contributed by atoms with Crippen LogP contribution >= 0.6 is 11.3 Å². The molecule has 0 fully saturated rings. The van der Waals surface area contributed by atoms with Gasteiger partial charge in [-0.1, -0.05) is 44.2 Å². The Kier molecular flexibility index (Phi) is 3.56. The van der Waals surface area contributed by atoms with Crippen molar-refractivity contribution in [3.05, 3.63) is 84.6 Å². The van der Waals surface area contributed by atoms with Crippen molar-refractivity contribution in [1.82, 2.24) is 9.55 Å². The molecule has 0 saturated carbocycles. The number of fused-ring (bicyclic) bond motifs is 6. The Labute approximate surface area is 173 Å². The van der Waals surface area contributed by atoms with Gasteiger partial charge < -0.3 is 4.57 Å². The predicted octanol–water partition coefficient (Wildman–Crippen LogP) is 7.67. The van der Waals surface area contributed by atoms with Crippen molar-refractivity contribution in [2.24, 2.45) is 0 Å². The Hall–Kier alpha value is -3.17. The van der Waals surface area contributed by atoms with Crippen LogP contribution in [0, 0.1) is 0 Å². The maximum atomic E-state index is 4.76. The first kappa shape index (κ1) is 16.8. The molecular formula is C26H20N2S. The van der Waals surface area contributed by atoms with Gasteiger partial charge in [-0.15, -0.1) is 11.3 Å². The predicted molar refractivity (Wildman–Crippen MR) is 126 cm³/mol. The van der Waals surface area contributed by atoms with E-state index in [4.69, 9.17) is 4.98 Å². The largest absolute Gasteiger partial charge is 0.308 e. The molecule has 6 rings (SSSR count). The van der Waals surface area contributed by atoms with Crippen molar-refractivity contribution in [3.63, 3.8) is 0 Å². The Morgan fingerprint density at radius 3 is 2.41 bits per heavy atom. The van der Waals surface area contributed by atoms with Crippen LogP contribution in [0.3, 0.4) is 0 Å². The van der Waals surface area contributed by atoms with Crippen LogP contribution in [0.4, 0.5) is 0 Å². The van der Waals surface area contributed by atoms with Crippen molar-refractivity contribution < 1.29 is 0 Å². The fourth-order valence-electron chi connectivity index (χ4n) is 4.34. The van der Waals surface area contributed by atoms with E-state index in [9.17, 15) is 0 Å². The van der Waals surface area contributed by atoms with Crippen LogP contribution < -0.4 is 0 Å². The summed E-state index contributed by atoms with van der Waals surface area (Å²) in [5, 5.41) is 3.86. The number of aromatic nitrogens is 2. The van der Waals surface area contributed by atoms with E-state index in [2.05, 4.69) is 85.1 Å². The van der Waals surface area contributed by atoms with E-state index >= 15 is 0 Å². The van der Waals surface area contributed by atoms with Gasteiger partial charge in [0.05, 0.1) is 16.6 Å². The van der Waals surface area contributed by atoms with E-state index in [-0.39, 0.29) is 0 Å². The highest BCUT2D eigenvalue weighted by atomic mass is 32.1. The zero-order chi connectivity index (χ0) is 19.5. The third kappa shape index (κ3) is 2.44. The molecule has 29 heavy (non-hydrogen) atoms. The second-order valence-corrected chi connectivity index (χ2v) is 9.00. The topological polar surface area (TPSA) is 17.8 Å². The lowest BCUT2D eigenvalue weighted by atomic mass is 10.0. The van der Waals surface area contributed by atoms with E-state index < -0.39 is 0 Å². The van der Waals surface area contributed by atoms with Crippen molar-refractivity contribution in [1.29, 1.82) is 0 Å². The maximum absolute atomic E-state index is 4.76.